The van der Waals surface area contributed by atoms with Crippen LogP contribution in [0.2, 0.25) is 0 Å². The number of terminal acetylenes is 1. The van der Waals surface area contributed by atoms with Crippen molar-refractivity contribution in [2.24, 2.45) is 5.73 Å². The summed E-state index contributed by atoms with van der Waals surface area (Å²) in [6.07, 6.45) is 4.88. The molecule has 0 saturated carbocycles. The first-order chi connectivity index (χ1) is 12.3. The number of fused-ring (bicyclic) bond motifs is 1. The first kappa shape index (κ1) is 18.9. The molecule has 2 N–H and O–H groups in total. The minimum absolute atomic E-state index is 0.747. The fourth-order valence-corrected chi connectivity index (χ4v) is 2.36. The molecule has 2 aromatic carbocycles. The van der Waals surface area contributed by atoms with Crippen LogP contribution in [-0.4, -0.2) is 6.54 Å². The summed E-state index contributed by atoms with van der Waals surface area (Å²) in [6, 6.07) is 2.50. The van der Waals surface area contributed by atoms with Gasteiger partial charge in [0.1, 0.15) is 23.3 Å². The van der Waals surface area contributed by atoms with Crippen molar-refractivity contribution in [3.63, 3.8) is 0 Å². The minimum atomic E-state index is -2.11. The van der Waals surface area contributed by atoms with Crippen LogP contribution in [0.25, 0.3) is 21.9 Å². The summed E-state index contributed by atoms with van der Waals surface area (Å²) >= 11 is 0. The summed E-state index contributed by atoms with van der Waals surface area (Å²) in [5.41, 5.74) is 3.27. The molecule has 9 heteroatoms. The third-order valence-electron chi connectivity index (χ3n) is 3.54. The zero-order valence-electron chi connectivity index (χ0n) is 12.5. The Kier molecular flexibility index (Phi) is 4.93. The van der Waals surface area contributed by atoms with E-state index >= 15 is 0 Å². The van der Waals surface area contributed by atoms with E-state index in [0.29, 0.717) is 0 Å². The Labute approximate surface area is 141 Å². The van der Waals surface area contributed by atoms with Crippen molar-refractivity contribution >= 4 is 21.9 Å². The molecule has 0 aliphatic rings. The van der Waals surface area contributed by atoms with Crippen LogP contribution in [0.1, 0.15) is 0 Å². The van der Waals surface area contributed by atoms with Crippen LogP contribution in [0.15, 0.2) is 0 Å². The molecule has 2 rings (SSSR count). The summed E-state index contributed by atoms with van der Waals surface area (Å²) in [7, 11) is 0. The van der Waals surface area contributed by atoms with Crippen LogP contribution in [0.3, 0.4) is 0 Å². The Morgan fingerprint density at radius 3 is 1.62 bits per heavy atom. The predicted molar refractivity (Wildman–Crippen MR) is 78.9 cm³/mol. The van der Waals surface area contributed by atoms with Crippen molar-refractivity contribution in [1.29, 1.82) is 10.5 Å². The number of rotatable bonds is 1. The number of nitriles is 2. The van der Waals surface area contributed by atoms with Crippen LogP contribution in [0, 0.1) is 69.9 Å². The lowest BCUT2D eigenvalue weighted by atomic mass is 10.0. The van der Waals surface area contributed by atoms with Crippen molar-refractivity contribution in [3.8, 4) is 24.5 Å². The average Bonchev–Trinajstić information content (AvgIpc) is 2.63. The fraction of sp³-hybridized carbons (Fsp3) is 0.0588. The number of nitrogens with two attached hydrogens (primary N) is 1. The third kappa shape index (κ3) is 2.45. The second-order valence-corrected chi connectivity index (χ2v) is 4.81. The number of nitrogens with zero attached hydrogens (tertiary/aromatic N) is 2. The molecule has 0 amide bonds. The molecule has 0 fully saturated rings. The van der Waals surface area contributed by atoms with Gasteiger partial charge in [0.2, 0.25) is 0 Å². The molecule has 0 radical (unpaired) electrons. The summed E-state index contributed by atoms with van der Waals surface area (Å²) < 4.78 is 86.0. The van der Waals surface area contributed by atoms with Gasteiger partial charge in [-0.1, -0.05) is 5.92 Å². The fourth-order valence-electron chi connectivity index (χ4n) is 2.36. The Morgan fingerprint density at radius 1 is 0.769 bits per heavy atom. The normalized spacial score (nSPS) is 12.9. The molecule has 3 nitrogen and oxygen atoms in total. The van der Waals surface area contributed by atoms with Gasteiger partial charge in [-0.25, -0.2) is 26.3 Å². The summed E-state index contributed by atoms with van der Waals surface area (Å²) in [4.78, 5) is 0. The highest BCUT2D eigenvalue weighted by molar-refractivity contribution is 5.88. The molecule has 0 aromatic heterocycles. The van der Waals surface area contributed by atoms with Crippen LogP contribution in [-0.2, 0) is 0 Å². The SMILES string of the molecule is C#C/C(C#N)=c1\c(F)c(F)c2c(F)/c(=C(/C#N)CN)c(F)c(F)c2c1F. The molecule has 0 spiro atoms. The number of hydrogen-bond acceptors (Lipinski definition) is 3. The molecule has 0 unspecified atom stereocenters. The molecule has 130 valence electrons. The van der Waals surface area contributed by atoms with E-state index in [4.69, 9.17) is 22.7 Å². The second-order valence-electron chi connectivity index (χ2n) is 4.81. The summed E-state index contributed by atoms with van der Waals surface area (Å²) in [5.74, 6) is -10.6. The van der Waals surface area contributed by atoms with Gasteiger partial charge in [-0.3, -0.25) is 0 Å². The molecule has 0 aliphatic heterocycles. The number of halogens is 6. The van der Waals surface area contributed by atoms with Gasteiger partial charge in [-0.2, -0.15) is 10.5 Å². The van der Waals surface area contributed by atoms with Crippen molar-refractivity contribution in [1.82, 2.24) is 0 Å². The molecular formula is C17H5F6N3. The monoisotopic (exact) mass is 365 g/mol. The molecule has 0 saturated heterocycles. The standard InChI is InChI=1S/C17H5F6N3/c1-2-6(3-24)8-12(18)10-11(16(22)14(8)20)13(19)9(7(4-25)5-26)15(21)17(10)23/h1H,4,25H2/b8-6+,9-7-. The molecule has 0 bridgehead atoms. The maximum absolute atomic E-state index is 14.5. The maximum atomic E-state index is 14.5. The maximum Gasteiger partial charge on any atom is 0.171 e. The number of hydrogen-bond donors (Lipinski definition) is 1. The molecule has 0 aliphatic carbocycles. The summed E-state index contributed by atoms with van der Waals surface area (Å²) in [6.45, 7) is -0.747. The van der Waals surface area contributed by atoms with Crippen molar-refractivity contribution in [2.45, 2.75) is 0 Å². The van der Waals surface area contributed by atoms with Crippen LogP contribution in [0.5, 0.6) is 0 Å². The Bertz CT molecular complexity index is 1190. The largest absolute Gasteiger partial charge is 0.326 e. The molecule has 0 heterocycles. The van der Waals surface area contributed by atoms with Gasteiger partial charge in [-0.05, 0) is 0 Å². The van der Waals surface area contributed by atoms with Gasteiger partial charge in [0, 0.05) is 6.54 Å². The topological polar surface area (TPSA) is 73.6 Å². The Hall–Kier alpha value is -3.48. The van der Waals surface area contributed by atoms with Gasteiger partial charge < -0.3 is 5.73 Å². The van der Waals surface area contributed by atoms with Crippen LogP contribution in [0.4, 0.5) is 26.3 Å². The quantitative estimate of drug-likeness (QED) is 0.474. The lowest BCUT2D eigenvalue weighted by Gasteiger charge is -2.10. The average molecular weight is 365 g/mol. The van der Waals surface area contributed by atoms with Gasteiger partial charge in [-0.15, -0.1) is 6.42 Å². The first-order valence-electron chi connectivity index (χ1n) is 6.63. The van der Waals surface area contributed by atoms with E-state index in [0.717, 1.165) is 0 Å². The molecular weight excluding hydrogens is 360 g/mol. The van der Waals surface area contributed by atoms with E-state index in [-0.39, 0.29) is 0 Å². The van der Waals surface area contributed by atoms with E-state index in [1.165, 1.54) is 12.1 Å². The van der Waals surface area contributed by atoms with E-state index < -0.39 is 73.8 Å². The van der Waals surface area contributed by atoms with E-state index in [1.807, 2.05) is 0 Å². The zero-order valence-corrected chi connectivity index (χ0v) is 12.5. The predicted octanol–water partition coefficient (Wildman–Crippen LogP) is 1.61. The molecule has 26 heavy (non-hydrogen) atoms. The van der Waals surface area contributed by atoms with E-state index in [2.05, 4.69) is 0 Å². The summed E-state index contributed by atoms with van der Waals surface area (Å²) in [5, 5.41) is 11.7. The Balaban J connectivity index is 3.44. The van der Waals surface area contributed by atoms with E-state index in [1.54, 1.807) is 5.92 Å². The van der Waals surface area contributed by atoms with Crippen LogP contribution >= 0.6 is 0 Å². The highest BCUT2D eigenvalue weighted by Gasteiger charge is 2.28. The van der Waals surface area contributed by atoms with Gasteiger partial charge in [0.25, 0.3) is 0 Å². The highest BCUT2D eigenvalue weighted by atomic mass is 19.2. The molecule has 0 atom stereocenters. The smallest absolute Gasteiger partial charge is 0.171 e. The second kappa shape index (κ2) is 6.79. The lowest BCUT2D eigenvalue weighted by Crippen LogP contribution is -2.26. The number of benzene rings is 2. The van der Waals surface area contributed by atoms with Crippen molar-refractivity contribution in [3.05, 3.63) is 45.3 Å². The first-order valence-corrected chi connectivity index (χ1v) is 6.63. The zero-order chi connectivity index (χ0) is 19.8. The Morgan fingerprint density at radius 2 is 1.23 bits per heavy atom. The van der Waals surface area contributed by atoms with Gasteiger partial charge >= 0.3 is 0 Å². The van der Waals surface area contributed by atoms with Gasteiger partial charge in [0.05, 0.1) is 32.9 Å². The molecule has 2 aromatic rings. The van der Waals surface area contributed by atoms with Gasteiger partial charge in [0.15, 0.2) is 23.3 Å². The van der Waals surface area contributed by atoms with Crippen LogP contribution < -0.4 is 16.2 Å². The van der Waals surface area contributed by atoms with Crippen molar-refractivity contribution < 1.29 is 26.3 Å². The third-order valence-corrected chi connectivity index (χ3v) is 3.54. The highest BCUT2D eigenvalue weighted by Crippen LogP contribution is 2.26. The minimum Gasteiger partial charge on any atom is -0.326 e. The van der Waals surface area contributed by atoms with Crippen molar-refractivity contribution in [2.75, 3.05) is 6.54 Å². The lowest BCUT2D eigenvalue weighted by molar-refractivity contribution is 0.471. The van der Waals surface area contributed by atoms with E-state index in [9.17, 15) is 26.3 Å².